The zero-order valence-corrected chi connectivity index (χ0v) is 13.1. The molecule has 0 saturated carbocycles. The van der Waals surface area contributed by atoms with E-state index in [2.05, 4.69) is 17.0 Å². The predicted molar refractivity (Wildman–Crippen MR) is 78.3 cm³/mol. The van der Waals surface area contributed by atoms with E-state index < -0.39 is 10.0 Å². The first-order valence-corrected chi connectivity index (χ1v) is 8.76. The molecule has 0 fully saturated rings. The van der Waals surface area contributed by atoms with Gasteiger partial charge in [-0.05, 0) is 13.3 Å². The Morgan fingerprint density at radius 1 is 1.06 bits per heavy atom. The van der Waals surface area contributed by atoms with Crippen LogP contribution in [0.2, 0.25) is 0 Å². The summed E-state index contributed by atoms with van der Waals surface area (Å²) < 4.78 is 26.3. The van der Waals surface area contributed by atoms with Gasteiger partial charge in [-0.1, -0.05) is 46.5 Å². The molecule has 0 radical (unpaired) electrons. The Balaban J connectivity index is 3.78. The van der Waals surface area contributed by atoms with E-state index in [1.54, 1.807) is 0 Å². The molecule has 0 heterocycles. The number of unbranched alkanes of at least 4 members (excludes halogenated alkanes) is 3. The van der Waals surface area contributed by atoms with Gasteiger partial charge >= 0.3 is 0 Å². The fourth-order valence-corrected chi connectivity index (χ4v) is 3.02. The summed E-state index contributed by atoms with van der Waals surface area (Å²) in [6.07, 6.45) is 5.66. The van der Waals surface area contributed by atoms with Gasteiger partial charge in [0.1, 0.15) is 0 Å². The molecule has 1 unspecified atom stereocenters. The van der Waals surface area contributed by atoms with Gasteiger partial charge < -0.3 is 5.32 Å². The number of hydrogen-bond acceptors (Lipinski definition) is 3. The van der Waals surface area contributed by atoms with Crippen LogP contribution in [0.3, 0.4) is 0 Å². The van der Waals surface area contributed by atoms with Crippen molar-refractivity contribution in [3.05, 3.63) is 0 Å². The SMILES string of the molecule is CCCCCCC(C)NS(=O)(=O)CCNC(C)C. The van der Waals surface area contributed by atoms with Crippen molar-refractivity contribution in [3.8, 4) is 0 Å². The fraction of sp³-hybridized carbons (Fsp3) is 1.00. The van der Waals surface area contributed by atoms with Crippen LogP contribution >= 0.6 is 0 Å². The predicted octanol–water partition coefficient (Wildman–Crippen LogP) is 2.26. The average molecular weight is 278 g/mol. The third-order valence-corrected chi connectivity index (χ3v) is 4.30. The molecule has 0 amide bonds. The molecular weight excluding hydrogens is 248 g/mol. The Bertz CT molecular complexity index is 289. The molecule has 2 N–H and O–H groups in total. The standard InChI is InChI=1S/C13H30N2O2S/c1-5-6-7-8-9-13(4)15-18(16,17)11-10-14-12(2)3/h12-15H,5-11H2,1-4H3. The zero-order chi connectivity index (χ0) is 14.0. The lowest BCUT2D eigenvalue weighted by Crippen LogP contribution is -2.38. The van der Waals surface area contributed by atoms with E-state index in [0.717, 1.165) is 12.8 Å². The molecule has 0 aliphatic heterocycles. The molecule has 0 bridgehead atoms. The minimum absolute atomic E-state index is 0.0471. The fourth-order valence-electron chi connectivity index (χ4n) is 1.78. The molecule has 0 aliphatic rings. The van der Waals surface area contributed by atoms with Crippen molar-refractivity contribution in [2.75, 3.05) is 12.3 Å². The largest absolute Gasteiger partial charge is 0.313 e. The van der Waals surface area contributed by atoms with Crippen molar-refractivity contribution >= 4 is 10.0 Å². The Kier molecular flexibility index (Phi) is 9.68. The van der Waals surface area contributed by atoms with Crippen LogP contribution in [-0.2, 0) is 10.0 Å². The first-order valence-electron chi connectivity index (χ1n) is 7.10. The summed E-state index contributed by atoms with van der Waals surface area (Å²) in [5.41, 5.74) is 0. The molecule has 0 rings (SSSR count). The Morgan fingerprint density at radius 2 is 1.72 bits per heavy atom. The van der Waals surface area contributed by atoms with E-state index in [1.807, 2.05) is 20.8 Å². The lowest BCUT2D eigenvalue weighted by Gasteiger charge is -2.15. The lowest BCUT2D eigenvalue weighted by atomic mass is 10.1. The summed E-state index contributed by atoms with van der Waals surface area (Å²) >= 11 is 0. The second-order valence-electron chi connectivity index (χ2n) is 5.30. The highest BCUT2D eigenvalue weighted by molar-refractivity contribution is 7.89. The normalized spacial score (nSPS) is 14.1. The van der Waals surface area contributed by atoms with Crippen LogP contribution in [-0.4, -0.2) is 32.8 Å². The van der Waals surface area contributed by atoms with Crippen molar-refractivity contribution in [2.45, 2.75) is 71.9 Å². The third kappa shape index (κ3) is 11.0. The number of rotatable bonds is 11. The van der Waals surface area contributed by atoms with E-state index in [-0.39, 0.29) is 11.8 Å². The van der Waals surface area contributed by atoms with E-state index >= 15 is 0 Å². The lowest BCUT2D eigenvalue weighted by molar-refractivity contribution is 0.518. The molecule has 0 aromatic rings. The highest BCUT2D eigenvalue weighted by Gasteiger charge is 2.13. The molecule has 18 heavy (non-hydrogen) atoms. The maximum atomic E-state index is 11.8. The monoisotopic (exact) mass is 278 g/mol. The first kappa shape index (κ1) is 17.9. The average Bonchev–Trinajstić information content (AvgIpc) is 2.22. The Hall–Kier alpha value is -0.130. The quantitative estimate of drug-likeness (QED) is 0.570. The molecule has 0 saturated heterocycles. The van der Waals surface area contributed by atoms with Crippen LogP contribution in [0.25, 0.3) is 0 Å². The van der Waals surface area contributed by atoms with E-state index in [4.69, 9.17) is 0 Å². The Labute approximate surface area is 113 Å². The van der Waals surface area contributed by atoms with Gasteiger partial charge in [0.05, 0.1) is 5.75 Å². The van der Waals surface area contributed by atoms with E-state index in [1.165, 1.54) is 19.3 Å². The highest BCUT2D eigenvalue weighted by Crippen LogP contribution is 2.06. The van der Waals surface area contributed by atoms with Crippen molar-refractivity contribution in [3.63, 3.8) is 0 Å². The molecule has 0 spiro atoms. The van der Waals surface area contributed by atoms with Crippen LogP contribution < -0.4 is 10.0 Å². The van der Waals surface area contributed by atoms with Gasteiger partial charge in [-0.15, -0.1) is 0 Å². The van der Waals surface area contributed by atoms with E-state index in [9.17, 15) is 8.42 Å². The third-order valence-electron chi connectivity index (χ3n) is 2.79. The first-order chi connectivity index (χ1) is 8.37. The van der Waals surface area contributed by atoms with Gasteiger partial charge in [-0.25, -0.2) is 13.1 Å². The molecule has 5 heteroatoms. The van der Waals surface area contributed by atoms with Crippen molar-refractivity contribution in [1.82, 2.24) is 10.0 Å². The number of sulfonamides is 1. The number of hydrogen-bond donors (Lipinski definition) is 2. The van der Waals surface area contributed by atoms with Crippen LogP contribution in [0.15, 0.2) is 0 Å². The second kappa shape index (κ2) is 9.75. The van der Waals surface area contributed by atoms with Crippen molar-refractivity contribution < 1.29 is 8.42 Å². The van der Waals surface area contributed by atoms with Gasteiger partial charge in [-0.2, -0.15) is 0 Å². The molecular formula is C13H30N2O2S. The second-order valence-corrected chi connectivity index (χ2v) is 7.17. The number of nitrogens with one attached hydrogen (secondary N) is 2. The summed E-state index contributed by atoms with van der Waals surface area (Å²) in [7, 11) is -3.13. The zero-order valence-electron chi connectivity index (χ0n) is 12.3. The van der Waals surface area contributed by atoms with Gasteiger partial charge in [-0.3, -0.25) is 0 Å². The van der Waals surface area contributed by atoms with Gasteiger partial charge in [0.25, 0.3) is 0 Å². The highest BCUT2D eigenvalue weighted by atomic mass is 32.2. The molecule has 4 nitrogen and oxygen atoms in total. The maximum Gasteiger partial charge on any atom is 0.213 e. The summed E-state index contributed by atoms with van der Waals surface area (Å²) in [6.45, 7) is 8.65. The van der Waals surface area contributed by atoms with Gasteiger partial charge in [0.2, 0.25) is 10.0 Å². The molecule has 0 aromatic heterocycles. The molecule has 110 valence electrons. The minimum Gasteiger partial charge on any atom is -0.313 e. The van der Waals surface area contributed by atoms with E-state index in [0.29, 0.717) is 12.6 Å². The van der Waals surface area contributed by atoms with Crippen LogP contribution in [0.1, 0.15) is 59.8 Å². The molecule has 0 aromatic carbocycles. The maximum absolute atomic E-state index is 11.8. The smallest absolute Gasteiger partial charge is 0.213 e. The van der Waals surface area contributed by atoms with Crippen molar-refractivity contribution in [1.29, 1.82) is 0 Å². The van der Waals surface area contributed by atoms with Gasteiger partial charge in [0.15, 0.2) is 0 Å². The summed E-state index contributed by atoms with van der Waals surface area (Å²) in [5.74, 6) is 0.157. The van der Waals surface area contributed by atoms with Crippen LogP contribution in [0, 0.1) is 0 Å². The van der Waals surface area contributed by atoms with Gasteiger partial charge in [0, 0.05) is 18.6 Å². The van der Waals surface area contributed by atoms with Crippen LogP contribution in [0.5, 0.6) is 0 Å². The van der Waals surface area contributed by atoms with Crippen LogP contribution in [0.4, 0.5) is 0 Å². The molecule has 1 atom stereocenters. The van der Waals surface area contributed by atoms with Crippen molar-refractivity contribution in [2.24, 2.45) is 0 Å². The summed E-state index contributed by atoms with van der Waals surface area (Å²) in [6, 6.07) is 0.373. The topological polar surface area (TPSA) is 58.2 Å². The molecule has 0 aliphatic carbocycles. The minimum atomic E-state index is -3.13. The summed E-state index contributed by atoms with van der Waals surface area (Å²) in [4.78, 5) is 0. The Morgan fingerprint density at radius 3 is 2.28 bits per heavy atom. The summed E-state index contributed by atoms with van der Waals surface area (Å²) in [5, 5.41) is 3.12.